The van der Waals surface area contributed by atoms with Gasteiger partial charge in [0, 0.05) is 24.3 Å². The molecule has 2 nitrogen and oxygen atoms in total. The van der Waals surface area contributed by atoms with Gasteiger partial charge in [0.05, 0.1) is 0 Å². The van der Waals surface area contributed by atoms with Gasteiger partial charge < -0.3 is 10.6 Å². The summed E-state index contributed by atoms with van der Waals surface area (Å²) in [6, 6.07) is 9.38. The van der Waals surface area contributed by atoms with E-state index < -0.39 is 0 Å². The first-order valence-electron chi connectivity index (χ1n) is 6.72. The molecule has 1 aromatic rings. The van der Waals surface area contributed by atoms with E-state index in [1.807, 2.05) is 0 Å². The van der Waals surface area contributed by atoms with E-state index in [1.165, 1.54) is 30.6 Å². The Balaban J connectivity index is 2.33. The van der Waals surface area contributed by atoms with Gasteiger partial charge in [0.15, 0.2) is 0 Å². The Morgan fingerprint density at radius 1 is 1.24 bits per heavy atom. The van der Waals surface area contributed by atoms with E-state index in [1.54, 1.807) is 0 Å². The van der Waals surface area contributed by atoms with E-state index in [4.69, 9.17) is 5.73 Å². The summed E-state index contributed by atoms with van der Waals surface area (Å²) in [5, 5.41) is 0. The predicted molar refractivity (Wildman–Crippen MR) is 74.3 cm³/mol. The Labute approximate surface area is 105 Å². The van der Waals surface area contributed by atoms with Crippen molar-refractivity contribution in [1.29, 1.82) is 0 Å². The molecule has 0 spiro atoms. The van der Waals surface area contributed by atoms with Crippen LogP contribution in [0.5, 0.6) is 0 Å². The highest BCUT2D eigenvalue weighted by Gasteiger charge is 2.28. The van der Waals surface area contributed by atoms with Crippen molar-refractivity contribution in [3.63, 3.8) is 0 Å². The van der Waals surface area contributed by atoms with Gasteiger partial charge in [0.1, 0.15) is 0 Å². The van der Waals surface area contributed by atoms with Gasteiger partial charge in [-0.2, -0.15) is 0 Å². The van der Waals surface area contributed by atoms with E-state index in [0.29, 0.717) is 12.0 Å². The molecule has 0 amide bonds. The molecular formula is C15H24N2. The largest absolute Gasteiger partial charge is 0.368 e. The van der Waals surface area contributed by atoms with Crippen LogP contribution in [0.2, 0.25) is 0 Å². The summed E-state index contributed by atoms with van der Waals surface area (Å²) < 4.78 is 0. The van der Waals surface area contributed by atoms with E-state index >= 15 is 0 Å². The van der Waals surface area contributed by atoms with Gasteiger partial charge in [-0.05, 0) is 37.3 Å². The molecule has 1 aliphatic heterocycles. The van der Waals surface area contributed by atoms with Crippen molar-refractivity contribution in [3.8, 4) is 0 Å². The van der Waals surface area contributed by atoms with Crippen molar-refractivity contribution in [2.45, 2.75) is 45.7 Å². The molecule has 2 rings (SSSR count). The third kappa shape index (κ3) is 2.47. The van der Waals surface area contributed by atoms with Gasteiger partial charge in [-0.1, -0.05) is 32.0 Å². The number of hydrogen-bond acceptors (Lipinski definition) is 2. The highest BCUT2D eigenvalue weighted by Crippen LogP contribution is 2.33. The predicted octanol–water partition coefficient (Wildman–Crippen LogP) is 3.33. The Bertz CT molecular complexity index is 371. The molecular weight excluding hydrogens is 208 g/mol. The number of hydrogen-bond donors (Lipinski definition) is 1. The Morgan fingerprint density at radius 2 is 1.94 bits per heavy atom. The number of anilines is 1. The average molecular weight is 232 g/mol. The molecule has 0 aliphatic carbocycles. The Hall–Kier alpha value is -1.02. The van der Waals surface area contributed by atoms with Gasteiger partial charge in [-0.3, -0.25) is 0 Å². The zero-order valence-corrected chi connectivity index (χ0v) is 11.2. The number of nitrogens with two attached hydrogens (primary N) is 1. The topological polar surface area (TPSA) is 29.3 Å². The minimum Gasteiger partial charge on any atom is -0.368 e. The van der Waals surface area contributed by atoms with E-state index in [2.05, 4.69) is 49.9 Å². The van der Waals surface area contributed by atoms with Crippen LogP contribution in [-0.4, -0.2) is 12.6 Å². The lowest BCUT2D eigenvalue weighted by atomic mass is 9.99. The van der Waals surface area contributed by atoms with Crippen LogP contribution >= 0.6 is 0 Å². The fourth-order valence-corrected chi connectivity index (χ4v) is 2.92. The summed E-state index contributed by atoms with van der Waals surface area (Å²) >= 11 is 0. The van der Waals surface area contributed by atoms with Gasteiger partial charge >= 0.3 is 0 Å². The standard InChI is InChI=1S/C15H24N2/c1-11(2)14-9-6-10-17(14)15-8-5-4-7-13(15)12(3)16/h4-5,7-8,11-12,14H,6,9-10,16H2,1-3H3/t12-,14?/m0/s1. The molecule has 1 aromatic carbocycles. The quantitative estimate of drug-likeness (QED) is 0.866. The summed E-state index contributed by atoms with van der Waals surface area (Å²) in [7, 11) is 0. The minimum atomic E-state index is 0.111. The van der Waals surface area contributed by atoms with Crippen LogP contribution in [0.25, 0.3) is 0 Å². The average Bonchev–Trinajstić information content (AvgIpc) is 2.77. The molecule has 1 aliphatic rings. The summed E-state index contributed by atoms with van der Waals surface area (Å²) in [5.74, 6) is 0.707. The van der Waals surface area contributed by atoms with Crippen molar-refractivity contribution < 1.29 is 0 Å². The molecule has 17 heavy (non-hydrogen) atoms. The lowest BCUT2D eigenvalue weighted by Gasteiger charge is -2.32. The molecule has 0 saturated carbocycles. The van der Waals surface area contributed by atoms with Crippen molar-refractivity contribution in [3.05, 3.63) is 29.8 Å². The first kappa shape index (κ1) is 12.4. The first-order valence-corrected chi connectivity index (χ1v) is 6.72. The highest BCUT2D eigenvalue weighted by molar-refractivity contribution is 5.56. The zero-order chi connectivity index (χ0) is 12.4. The van der Waals surface area contributed by atoms with Gasteiger partial charge in [0.2, 0.25) is 0 Å². The minimum absolute atomic E-state index is 0.111. The molecule has 0 radical (unpaired) electrons. The SMILES string of the molecule is CC(C)C1CCCN1c1ccccc1[C@H](C)N. The molecule has 1 heterocycles. The van der Waals surface area contributed by atoms with Crippen LogP contribution in [0, 0.1) is 5.92 Å². The monoisotopic (exact) mass is 232 g/mol. The number of benzene rings is 1. The molecule has 0 bridgehead atoms. The van der Waals surface area contributed by atoms with Gasteiger partial charge in [-0.25, -0.2) is 0 Å². The Kier molecular flexibility index (Phi) is 3.72. The highest BCUT2D eigenvalue weighted by atomic mass is 15.2. The fraction of sp³-hybridized carbons (Fsp3) is 0.600. The summed E-state index contributed by atoms with van der Waals surface area (Å²) in [6.07, 6.45) is 2.61. The smallest absolute Gasteiger partial charge is 0.0417 e. The molecule has 1 saturated heterocycles. The molecule has 2 heteroatoms. The zero-order valence-electron chi connectivity index (χ0n) is 11.2. The van der Waals surface area contributed by atoms with Crippen LogP contribution < -0.4 is 10.6 Å². The normalized spacial score (nSPS) is 22.2. The fourth-order valence-electron chi connectivity index (χ4n) is 2.92. The van der Waals surface area contributed by atoms with Crippen molar-refractivity contribution in [2.75, 3.05) is 11.4 Å². The van der Waals surface area contributed by atoms with Gasteiger partial charge in [-0.15, -0.1) is 0 Å². The molecule has 1 fully saturated rings. The van der Waals surface area contributed by atoms with E-state index in [9.17, 15) is 0 Å². The van der Waals surface area contributed by atoms with Crippen LogP contribution in [-0.2, 0) is 0 Å². The maximum Gasteiger partial charge on any atom is 0.0417 e. The summed E-state index contributed by atoms with van der Waals surface area (Å²) in [6.45, 7) is 7.88. The second-order valence-corrected chi connectivity index (χ2v) is 5.49. The summed E-state index contributed by atoms with van der Waals surface area (Å²) in [5.41, 5.74) is 8.70. The maximum absolute atomic E-state index is 6.08. The molecule has 2 N–H and O–H groups in total. The molecule has 94 valence electrons. The van der Waals surface area contributed by atoms with E-state index in [0.717, 1.165) is 0 Å². The van der Waals surface area contributed by atoms with Crippen molar-refractivity contribution in [1.82, 2.24) is 0 Å². The van der Waals surface area contributed by atoms with E-state index in [-0.39, 0.29) is 6.04 Å². The first-order chi connectivity index (χ1) is 8.11. The third-order valence-corrected chi connectivity index (χ3v) is 3.81. The second kappa shape index (κ2) is 5.09. The Morgan fingerprint density at radius 3 is 2.59 bits per heavy atom. The molecule has 0 aromatic heterocycles. The lowest BCUT2D eigenvalue weighted by Crippen LogP contribution is -2.34. The van der Waals surface area contributed by atoms with Crippen LogP contribution in [0.4, 0.5) is 5.69 Å². The maximum atomic E-state index is 6.08. The number of nitrogens with zero attached hydrogens (tertiary/aromatic N) is 1. The number of rotatable bonds is 3. The van der Waals surface area contributed by atoms with Crippen LogP contribution in [0.1, 0.15) is 45.2 Å². The molecule has 1 unspecified atom stereocenters. The lowest BCUT2D eigenvalue weighted by molar-refractivity contribution is 0.490. The van der Waals surface area contributed by atoms with Crippen LogP contribution in [0.3, 0.4) is 0 Å². The van der Waals surface area contributed by atoms with Gasteiger partial charge in [0.25, 0.3) is 0 Å². The van der Waals surface area contributed by atoms with Crippen LogP contribution in [0.15, 0.2) is 24.3 Å². The third-order valence-electron chi connectivity index (χ3n) is 3.81. The summed E-state index contributed by atoms with van der Waals surface area (Å²) in [4.78, 5) is 2.56. The second-order valence-electron chi connectivity index (χ2n) is 5.49. The number of para-hydroxylation sites is 1. The van der Waals surface area contributed by atoms with Crippen molar-refractivity contribution >= 4 is 5.69 Å². The molecule has 2 atom stereocenters. The van der Waals surface area contributed by atoms with Crippen molar-refractivity contribution in [2.24, 2.45) is 11.7 Å².